The molecule has 8 heteroatoms. The van der Waals surface area contributed by atoms with Gasteiger partial charge in [-0.15, -0.1) is 0 Å². The van der Waals surface area contributed by atoms with E-state index in [9.17, 15) is 22.0 Å². The predicted molar refractivity (Wildman–Crippen MR) is 79.7 cm³/mol. The van der Waals surface area contributed by atoms with Crippen molar-refractivity contribution >= 4 is 22.0 Å². The Kier molecular flexibility index (Phi) is 4.85. The van der Waals surface area contributed by atoms with Crippen LogP contribution in [0.1, 0.15) is 11.1 Å². The zero-order valence-electron chi connectivity index (χ0n) is 12.0. The molecule has 0 saturated heterocycles. The number of amides is 1. The lowest BCUT2D eigenvalue weighted by molar-refractivity contribution is -0.114. The molecule has 0 aliphatic carbocycles. The lowest BCUT2D eigenvalue weighted by Gasteiger charge is -2.07. The number of halogens is 2. The first-order valence-corrected chi connectivity index (χ1v) is 7.88. The van der Waals surface area contributed by atoms with Crippen LogP contribution in [0.3, 0.4) is 0 Å². The number of hydrogen-bond acceptors (Lipinski definition) is 4. The van der Waals surface area contributed by atoms with E-state index in [1.165, 1.54) is 19.2 Å². The van der Waals surface area contributed by atoms with Crippen molar-refractivity contribution in [1.82, 2.24) is 9.71 Å². The van der Waals surface area contributed by atoms with E-state index in [4.69, 9.17) is 0 Å². The second-order valence-electron chi connectivity index (χ2n) is 4.62. The van der Waals surface area contributed by atoms with Crippen LogP contribution < -0.4 is 4.72 Å². The molecule has 1 heterocycles. The van der Waals surface area contributed by atoms with Crippen LogP contribution in [0.25, 0.3) is 6.08 Å². The fraction of sp³-hybridized carbons (Fsp3) is 0.0667. The van der Waals surface area contributed by atoms with E-state index in [-0.39, 0.29) is 5.56 Å². The Morgan fingerprint density at radius 2 is 2.00 bits per heavy atom. The largest absolute Gasteiger partial charge is 0.269 e. The normalized spacial score (nSPS) is 11.6. The van der Waals surface area contributed by atoms with E-state index >= 15 is 0 Å². The molecule has 0 bridgehead atoms. The zero-order chi connectivity index (χ0) is 17.0. The fourth-order valence-corrected chi connectivity index (χ4v) is 2.80. The summed E-state index contributed by atoms with van der Waals surface area (Å²) in [5.74, 6) is -3.11. The topological polar surface area (TPSA) is 76.1 Å². The number of pyridine rings is 1. The smallest absolute Gasteiger partial charge is 0.267 e. The molecule has 1 N–H and O–H groups in total. The van der Waals surface area contributed by atoms with Crippen molar-refractivity contribution in [2.75, 3.05) is 0 Å². The van der Waals surface area contributed by atoms with Gasteiger partial charge in [-0.1, -0.05) is 6.07 Å². The molecule has 1 aromatic heterocycles. The first-order chi connectivity index (χ1) is 10.8. The third kappa shape index (κ3) is 4.19. The Labute approximate surface area is 131 Å². The molecule has 120 valence electrons. The van der Waals surface area contributed by atoms with Crippen molar-refractivity contribution in [1.29, 1.82) is 0 Å². The highest BCUT2D eigenvalue weighted by atomic mass is 32.2. The van der Waals surface area contributed by atoms with Gasteiger partial charge in [0.1, 0.15) is 16.5 Å². The molecule has 0 spiro atoms. The molecule has 0 saturated carbocycles. The van der Waals surface area contributed by atoms with Crippen LogP contribution in [-0.4, -0.2) is 19.3 Å². The molecular weight excluding hydrogens is 326 g/mol. The molecule has 1 aromatic carbocycles. The highest BCUT2D eigenvalue weighted by molar-refractivity contribution is 7.90. The summed E-state index contributed by atoms with van der Waals surface area (Å²) >= 11 is 0. The van der Waals surface area contributed by atoms with Crippen molar-refractivity contribution in [2.45, 2.75) is 11.8 Å². The van der Waals surface area contributed by atoms with Gasteiger partial charge >= 0.3 is 0 Å². The first-order valence-electron chi connectivity index (χ1n) is 6.40. The second-order valence-corrected chi connectivity index (χ2v) is 6.27. The maximum atomic E-state index is 13.6. The Morgan fingerprint density at radius 3 is 2.65 bits per heavy atom. The highest BCUT2D eigenvalue weighted by Crippen LogP contribution is 2.18. The number of sulfonamides is 1. The Morgan fingerprint density at radius 1 is 1.26 bits per heavy atom. The third-order valence-corrected chi connectivity index (χ3v) is 4.21. The molecule has 2 rings (SSSR count). The molecular formula is C15H12F2N2O3S. The van der Waals surface area contributed by atoms with Gasteiger partial charge in [-0.25, -0.2) is 21.9 Å². The molecule has 0 fully saturated rings. The van der Waals surface area contributed by atoms with Gasteiger partial charge < -0.3 is 0 Å². The fourth-order valence-electron chi connectivity index (χ4n) is 1.70. The van der Waals surface area contributed by atoms with Crippen molar-refractivity contribution in [3.05, 3.63) is 65.5 Å². The van der Waals surface area contributed by atoms with Crippen LogP contribution >= 0.6 is 0 Å². The van der Waals surface area contributed by atoms with E-state index in [1.807, 2.05) is 0 Å². The lowest BCUT2D eigenvalue weighted by Crippen LogP contribution is -2.29. The van der Waals surface area contributed by atoms with Gasteiger partial charge in [0.15, 0.2) is 0 Å². The van der Waals surface area contributed by atoms with Gasteiger partial charge in [-0.2, -0.15) is 0 Å². The quantitative estimate of drug-likeness (QED) is 0.867. The maximum Gasteiger partial charge on any atom is 0.267 e. The standard InChI is InChI=1S/C15H12F2N2O3S/c1-10-7-14(13(17)8-12(10)16)23(21,22)19-15(20)5-4-11-3-2-6-18-9-11/h2-9H,1H3,(H,19,20)/b5-4+. The summed E-state index contributed by atoms with van der Waals surface area (Å²) in [7, 11) is -4.44. The van der Waals surface area contributed by atoms with E-state index in [2.05, 4.69) is 4.98 Å². The minimum absolute atomic E-state index is 0.0508. The Bertz CT molecular complexity index is 866. The Balaban J connectivity index is 2.20. The number of aryl methyl sites for hydroxylation is 1. The van der Waals surface area contributed by atoms with E-state index in [0.29, 0.717) is 11.6 Å². The van der Waals surface area contributed by atoms with Gasteiger partial charge in [0.25, 0.3) is 15.9 Å². The van der Waals surface area contributed by atoms with Gasteiger partial charge in [-0.05, 0) is 36.3 Å². The van der Waals surface area contributed by atoms with Gasteiger partial charge in [0, 0.05) is 24.5 Å². The molecule has 0 aliphatic heterocycles. The van der Waals surface area contributed by atoms with Gasteiger partial charge in [0.05, 0.1) is 0 Å². The Hall–Kier alpha value is -2.61. The van der Waals surface area contributed by atoms with Crippen molar-refractivity contribution < 1.29 is 22.0 Å². The average Bonchev–Trinajstić information content (AvgIpc) is 2.49. The first kappa shape index (κ1) is 16.8. The van der Waals surface area contributed by atoms with E-state index < -0.39 is 32.5 Å². The summed E-state index contributed by atoms with van der Waals surface area (Å²) in [6, 6.07) is 4.59. The molecule has 1 amide bonds. The van der Waals surface area contributed by atoms with Crippen molar-refractivity contribution in [3.8, 4) is 0 Å². The summed E-state index contributed by atoms with van der Waals surface area (Å²) in [6.07, 6.45) is 5.34. The van der Waals surface area contributed by atoms with Gasteiger partial charge in [0.2, 0.25) is 0 Å². The summed E-state index contributed by atoms with van der Waals surface area (Å²) in [5, 5.41) is 0. The van der Waals surface area contributed by atoms with E-state index in [1.54, 1.807) is 23.1 Å². The summed E-state index contributed by atoms with van der Waals surface area (Å²) < 4.78 is 52.5. The van der Waals surface area contributed by atoms with Crippen LogP contribution in [0, 0.1) is 18.6 Å². The second kappa shape index (κ2) is 6.66. The summed E-state index contributed by atoms with van der Waals surface area (Å²) in [6.45, 7) is 1.29. The lowest BCUT2D eigenvalue weighted by atomic mass is 10.2. The minimum Gasteiger partial charge on any atom is -0.269 e. The number of carbonyl (C=O) groups excluding carboxylic acids is 1. The van der Waals surface area contributed by atoms with Crippen LogP contribution in [0.2, 0.25) is 0 Å². The average molecular weight is 338 g/mol. The number of nitrogens with one attached hydrogen (secondary N) is 1. The van der Waals surface area contributed by atoms with Crippen molar-refractivity contribution in [3.63, 3.8) is 0 Å². The predicted octanol–water partition coefficient (Wildman–Crippen LogP) is 2.19. The number of rotatable bonds is 4. The molecule has 0 radical (unpaired) electrons. The minimum atomic E-state index is -4.44. The van der Waals surface area contributed by atoms with Crippen molar-refractivity contribution in [2.24, 2.45) is 0 Å². The SMILES string of the molecule is Cc1cc(S(=O)(=O)NC(=O)/C=C/c2cccnc2)c(F)cc1F. The molecule has 5 nitrogen and oxygen atoms in total. The molecule has 23 heavy (non-hydrogen) atoms. The highest BCUT2D eigenvalue weighted by Gasteiger charge is 2.22. The van der Waals surface area contributed by atoms with Crippen LogP contribution in [-0.2, 0) is 14.8 Å². The third-order valence-electron chi connectivity index (χ3n) is 2.85. The molecule has 0 aliphatic rings. The number of aromatic nitrogens is 1. The number of nitrogens with zero attached hydrogens (tertiary/aromatic N) is 1. The van der Waals surface area contributed by atoms with Crippen LogP contribution in [0.5, 0.6) is 0 Å². The van der Waals surface area contributed by atoms with E-state index in [0.717, 1.165) is 12.1 Å². The van der Waals surface area contributed by atoms with Crippen LogP contribution in [0.4, 0.5) is 8.78 Å². The number of carbonyl (C=O) groups is 1. The van der Waals surface area contributed by atoms with Crippen LogP contribution in [0.15, 0.2) is 47.6 Å². The molecule has 0 atom stereocenters. The maximum absolute atomic E-state index is 13.6. The molecule has 0 unspecified atom stereocenters. The number of hydrogen-bond donors (Lipinski definition) is 1. The molecule has 2 aromatic rings. The summed E-state index contributed by atoms with van der Waals surface area (Å²) in [5.41, 5.74) is 0.536. The zero-order valence-corrected chi connectivity index (χ0v) is 12.8. The monoisotopic (exact) mass is 338 g/mol. The van der Waals surface area contributed by atoms with Gasteiger partial charge in [-0.3, -0.25) is 9.78 Å². The summed E-state index contributed by atoms with van der Waals surface area (Å²) in [4.78, 5) is 14.7. The number of benzene rings is 1.